The van der Waals surface area contributed by atoms with Crippen molar-refractivity contribution in [3.05, 3.63) is 82.9 Å². The number of carbonyl (C=O) groups excluding carboxylic acids is 1. The molecule has 0 bridgehead atoms. The van der Waals surface area contributed by atoms with Crippen molar-refractivity contribution in [2.45, 2.75) is 11.8 Å². The molecule has 0 fully saturated rings. The highest BCUT2D eigenvalue weighted by Gasteiger charge is 2.15. The van der Waals surface area contributed by atoms with Crippen molar-refractivity contribution in [1.82, 2.24) is 0 Å². The molecule has 0 heterocycles. The van der Waals surface area contributed by atoms with E-state index in [4.69, 9.17) is 16.3 Å². The summed E-state index contributed by atoms with van der Waals surface area (Å²) in [6, 6.07) is 17.4. The summed E-state index contributed by atoms with van der Waals surface area (Å²) in [6.45, 7) is 1.91. The molecule has 0 aliphatic carbocycles. The van der Waals surface area contributed by atoms with Gasteiger partial charge in [0.05, 0.1) is 17.7 Å². The average molecular weight is 431 g/mol. The molecule has 2 N–H and O–H groups in total. The van der Waals surface area contributed by atoms with Gasteiger partial charge in [0, 0.05) is 16.3 Å². The summed E-state index contributed by atoms with van der Waals surface area (Å²) in [5.74, 6) is 0.220. The zero-order chi connectivity index (χ0) is 21.0. The number of benzene rings is 3. The van der Waals surface area contributed by atoms with Crippen molar-refractivity contribution in [3.63, 3.8) is 0 Å². The Morgan fingerprint density at radius 3 is 2.24 bits per heavy atom. The molecule has 150 valence electrons. The smallest absolute Gasteiger partial charge is 0.261 e. The number of sulfonamides is 1. The van der Waals surface area contributed by atoms with Crippen LogP contribution in [0.5, 0.6) is 5.75 Å². The molecule has 3 aromatic carbocycles. The van der Waals surface area contributed by atoms with Crippen LogP contribution >= 0.6 is 11.6 Å². The third-order valence-electron chi connectivity index (χ3n) is 4.13. The molecule has 0 atom stereocenters. The molecule has 0 saturated heterocycles. The van der Waals surface area contributed by atoms with Crippen LogP contribution in [0.15, 0.2) is 71.6 Å². The molecular weight excluding hydrogens is 412 g/mol. The van der Waals surface area contributed by atoms with Crippen LogP contribution in [0.2, 0.25) is 5.02 Å². The lowest BCUT2D eigenvalue weighted by Crippen LogP contribution is -2.14. The van der Waals surface area contributed by atoms with E-state index in [1.54, 1.807) is 6.07 Å². The molecule has 0 radical (unpaired) electrons. The predicted molar refractivity (Wildman–Crippen MR) is 114 cm³/mol. The van der Waals surface area contributed by atoms with E-state index in [0.717, 1.165) is 5.56 Å². The van der Waals surface area contributed by atoms with E-state index in [1.807, 2.05) is 19.1 Å². The summed E-state index contributed by atoms with van der Waals surface area (Å²) in [5, 5.41) is 3.25. The van der Waals surface area contributed by atoms with E-state index in [-0.39, 0.29) is 10.8 Å². The maximum Gasteiger partial charge on any atom is 0.261 e. The van der Waals surface area contributed by atoms with Crippen LogP contribution in [0, 0.1) is 6.92 Å². The van der Waals surface area contributed by atoms with Gasteiger partial charge in [0.2, 0.25) is 0 Å². The second-order valence-corrected chi connectivity index (χ2v) is 8.41. The van der Waals surface area contributed by atoms with Crippen LogP contribution in [0.1, 0.15) is 15.9 Å². The molecule has 0 saturated carbocycles. The largest absolute Gasteiger partial charge is 0.495 e. The second kappa shape index (κ2) is 8.55. The molecule has 0 unspecified atom stereocenters. The summed E-state index contributed by atoms with van der Waals surface area (Å²) < 4.78 is 32.6. The first-order valence-electron chi connectivity index (χ1n) is 8.63. The van der Waals surface area contributed by atoms with E-state index in [9.17, 15) is 13.2 Å². The van der Waals surface area contributed by atoms with Crippen molar-refractivity contribution < 1.29 is 17.9 Å². The molecule has 1 amide bonds. The number of hydrogen-bond acceptors (Lipinski definition) is 4. The van der Waals surface area contributed by atoms with Gasteiger partial charge in [-0.1, -0.05) is 17.7 Å². The number of amides is 1. The number of hydrogen-bond donors (Lipinski definition) is 2. The maximum absolute atomic E-state index is 12.5. The lowest BCUT2D eigenvalue weighted by atomic mass is 10.1. The minimum absolute atomic E-state index is 0.0928. The number of aryl methyl sites for hydroxylation is 1. The lowest BCUT2D eigenvalue weighted by Gasteiger charge is -2.12. The molecule has 8 heteroatoms. The number of carbonyl (C=O) groups is 1. The van der Waals surface area contributed by atoms with E-state index in [0.29, 0.717) is 27.7 Å². The van der Waals surface area contributed by atoms with Crippen LogP contribution in [0.25, 0.3) is 0 Å². The SMILES string of the molecule is COc1ccc(C)cc1NC(=O)c1ccc(NS(=O)(=O)c2ccc(Cl)cc2)cc1. The zero-order valence-electron chi connectivity index (χ0n) is 15.8. The summed E-state index contributed by atoms with van der Waals surface area (Å²) in [6.07, 6.45) is 0. The predicted octanol–water partition coefficient (Wildman–Crippen LogP) is 4.71. The first-order chi connectivity index (χ1) is 13.8. The van der Waals surface area contributed by atoms with Gasteiger partial charge in [-0.05, 0) is 73.2 Å². The summed E-state index contributed by atoms with van der Waals surface area (Å²) >= 11 is 5.79. The normalized spacial score (nSPS) is 11.0. The van der Waals surface area contributed by atoms with Crippen LogP contribution < -0.4 is 14.8 Å². The van der Waals surface area contributed by atoms with Crippen LogP contribution in [0.3, 0.4) is 0 Å². The minimum Gasteiger partial charge on any atom is -0.495 e. The van der Waals surface area contributed by atoms with Gasteiger partial charge < -0.3 is 10.1 Å². The number of rotatable bonds is 6. The third kappa shape index (κ3) is 5.07. The van der Waals surface area contributed by atoms with Gasteiger partial charge >= 0.3 is 0 Å². The Hall–Kier alpha value is -3.03. The Kier molecular flexibility index (Phi) is 6.10. The highest BCUT2D eigenvalue weighted by molar-refractivity contribution is 7.92. The molecule has 0 aromatic heterocycles. The number of methoxy groups -OCH3 is 1. The van der Waals surface area contributed by atoms with Gasteiger partial charge in [-0.15, -0.1) is 0 Å². The fourth-order valence-corrected chi connectivity index (χ4v) is 3.82. The topological polar surface area (TPSA) is 84.5 Å². The van der Waals surface area contributed by atoms with Crippen molar-refractivity contribution in [2.24, 2.45) is 0 Å². The zero-order valence-corrected chi connectivity index (χ0v) is 17.3. The van der Waals surface area contributed by atoms with Gasteiger partial charge in [0.1, 0.15) is 5.75 Å². The monoisotopic (exact) mass is 430 g/mol. The first-order valence-corrected chi connectivity index (χ1v) is 10.5. The van der Waals surface area contributed by atoms with Gasteiger partial charge in [0.15, 0.2) is 0 Å². The third-order valence-corrected chi connectivity index (χ3v) is 5.78. The lowest BCUT2D eigenvalue weighted by molar-refractivity contribution is 0.102. The summed E-state index contributed by atoms with van der Waals surface area (Å²) in [5.41, 5.74) is 2.26. The quantitative estimate of drug-likeness (QED) is 0.593. The number of anilines is 2. The highest BCUT2D eigenvalue weighted by Crippen LogP contribution is 2.26. The Morgan fingerprint density at radius 2 is 1.62 bits per heavy atom. The molecule has 0 spiro atoms. The Morgan fingerprint density at radius 1 is 0.966 bits per heavy atom. The number of ether oxygens (including phenoxy) is 1. The number of halogens is 1. The summed E-state index contributed by atoms with van der Waals surface area (Å²) in [7, 11) is -2.22. The van der Waals surface area contributed by atoms with E-state index < -0.39 is 10.0 Å². The van der Waals surface area contributed by atoms with Gasteiger partial charge in [-0.2, -0.15) is 0 Å². The van der Waals surface area contributed by atoms with Crippen LogP contribution in [-0.2, 0) is 10.0 Å². The fraction of sp³-hybridized carbons (Fsp3) is 0.0952. The summed E-state index contributed by atoms with van der Waals surface area (Å²) in [4.78, 5) is 12.6. The van der Waals surface area contributed by atoms with Gasteiger partial charge in [-0.3, -0.25) is 9.52 Å². The maximum atomic E-state index is 12.5. The second-order valence-electron chi connectivity index (χ2n) is 6.29. The molecule has 0 aliphatic rings. The fourth-order valence-electron chi connectivity index (χ4n) is 2.63. The first kappa shape index (κ1) is 20.7. The van der Waals surface area contributed by atoms with Crippen molar-refractivity contribution in [1.29, 1.82) is 0 Å². The molecule has 3 aromatic rings. The van der Waals surface area contributed by atoms with Crippen LogP contribution in [0.4, 0.5) is 11.4 Å². The molecular formula is C21H19ClN2O4S. The highest BCUT2D eigenvalue weighted by atomic mass is 35.5. The van der Waals surface area contributed by atoms with Gasteiger partial charge in [-0.25, -0.2) is 8.42 Å². The standard InChI is InChI=1S/C21H19ClN2O4S/c1-14-3-12-20(28-2)19(13-14)23-21(25)15-4-8-17(9-5-15)24-29(26,27)18-10-6-16(22)7-11-18/h3-13,24H,1-2H3,(H,23,25). The van der Waals surface area contributed by atoms with Crippen molar-refractivity contribution >= 4 is 38.9 Å². The molecule has 29 heavy (non-hydrogen) atoms. The van der Waals surface area contributed by atoms with Gasteiger partial charge in [0.25, 0.3) is 15.9 Å². The molecule has 0 aliphatic heterocycles. The van der Waals surface area contributed by atoms with Crippen molar-refractivity contribution in [2.75, 3.05) is 17.1 Å². The van der Waals surface area contributed by atoms with E-state index in [1.165, 1.54) is 55.6 Å². The minimum atomic E-state index is -3.75. The number of nitrogens with one attached hydrogen (secondary N) is 2. The Labute approximate surface area is 174 Å². The molecule has 3 rings (SSSR count). The van der Waals surface area contributed by atoms with Crippen LogP contribution in [-0.4, -0.2) is 21.4 Å². The molecule has 6 nitrogen and oxygen atoms in total. The Balaban J connectivity index is 1.74. The average Bonchev–Trinajstić information content (AvgIpc) is 2.69. The van der Waals surface area contributed by atoms with E-state index in [2.05, 4.69) is 10.0 Å². The Bertz CT molecular complexity index is 1130. The van der Waals surface area contributed by atoms with Crippen molar-refractivity contribution in [3.8, 4) is 5.75 Å². The van der Waals surface area contributed by atoms with E-state index >= 15 is 0 Å².